The molecule has 0 spiro atoms. The number of ether oxygens (including phenoxy) is 4. The molecule has 26 nitrogen and oxygen atoms in total. The maximum Gasteiger partial charge on any atom is 0.364 e. The highest BCUT2D eigenvalue weighted by atomic mass is 32.2. The summed E-state index contributed by atoms with van der Waals surface area (Å²) in [5.41, 5.74) is 4.16. The zero-order valence-electron chi connectivity index (χ0n) is 50.9. The summed E-state index contributed by atoms with van der Waals surface area (Å²) in [5.74, 6) is -9.74. The van der Waals surface area contributed by atoms with Gasteiger partial charge in [0.1, 0.15) is 24.4 Å². The fourth-order valence-electron chi connectivity index (χ4n) is 10.3. The second kappa shape index (κ2) is 35.2. The van der Waals surface area contributed by atoms with Crippen molar-refractivity contribution in [1.29, 1.82) is 0 Å². The number of nitrogens with one attached hydrogen (secondary N) is 6. The molecule has 2 saturated heterocycles. The van der Waals surface area contributed by atoms with Gasteiger partial charge in [0, 0.05) is 75.5 Å². The second-order valence-electron chi connectivity index (χ2n) is 22.0. The Balaban J connectivity index is 0.776. The minimum absolute atomic E-state index is 0.190. The summed E-state index contributed by atoms with van der Waals surface area (Å²) in [4.78, 5) is 102. The third-order valence-electron chi connectivity index (χ3n) is 15.1. The minimum atomic E-state index is -2.49. The van der Waals surface area contributed by atoms with Crippen LogP contribution in [-0.2, 0) is 38.1 Å². The quantitative estimate of drug-likeness (QED) is 0.0262. The third-order valence-corrected chi connectivity index (χ3v) is 18.3. The Morgan fingerprint density at radius 1 is 0.505 bits per heavy atom. The average Bonchev–Trinajstić information content (AvgIpc) is 0.996. The molecule has 7 rings (SSSR count). The van der Waals surface area contributed by atoms with Crippen molar-refractivity contribution in [3.8, 4) is 22.3 Å². The predicted octanol–water partition coefficient (Wildman–Crippen LogP) is 2.00. The van der Waals surface area contributed by atoms with Crippen LogP contribution < -0.4 is 31.9 Å². The number of thiophene rings is 1. The van der Waals surface area contributed by atoms with Gasteiger partial charge in [-0.2, -0.15) is 23.5 Å². The van der Waals surface area contributed by atoms with Crippen molar-refractivity contribution in [2.24, 2.45) is 0 Å². The van der Waals surface area contributed by atoms with Gasteiger partial charge < -0.3 is 91.7 Å². The Hall–Kier alpha value is -7.36. The fourth-order valence-corrected chi connectivity index (χ4v) is 12.7. The van der Waals surface area contributed by atoms with Crippen LogP contribution in [0.1, 0.15) is 79.6 Å². The molecule has 0 radical (unpaired) electrons. The first-order chi connectivity index (χ1) is 44.5. The number of benzene rings is 4. The number of carboxylic acid groups (broad SMARTS) is 2. The summed E-state index contributed by atoms with van der Waals surface area (Å²) in [6.07, 6.45) is -14.7. The highest BCUT2D eigenvalue weighted by Crippen LogP contribution is 2.36. The summed E-state index contributed by atoms with van der Waals surface area (Å²) in [6, 6.07) is 32.7. The molecule has 502 valence electrons. The summed E-state index contributed by atoms with van der Waals surface area (Å²) in [6.45, 7) is 1.37. The largest absolute Gasteiger partial charge is 0.477 e. The minimum Gasteiger partial charge on any atom is -0.477 e. The van der Waals surface area contributed by atoms with Gasteiger partial charge in [0.2, 0.25) is 11.8 Å². The van der Waals surface area contributed by atoms with Gasteiger partial charge in [-0.15, -0.1) is 11.3 Å². The maximum atomic E-state index is 13.0. The molecule has 0 bridgehead atoms. The van der Waals surface area contributed by atoms with Gasteiger partial charge in [-0.05, 0) is 83.0 Å². The highest BCUT2D eigenvalue weighted by Gasteiger charge is 2.57. The Bertz CT molecular complexity index is 3090. The SMILES string of the molecule is CC(=O)N[C@@H]1[C@@H](O)C[C@](OCCCSCCNC(=O)c2ccc(C(=O)NCCSCCCO[C@]3(C(=O)O)C[C@H](O)[C@@H](NC(C)=O)[C@H](C(O)[C@H](O)CNC(=O)c4ccc(-c5ccccc5)cc4)O3)s2)(C(=O)O)O[C@H]1C(O)[C@H](O)CNC(=O)c1ccc(-c2ccccc2)cc1. The first-order valence-corrected chi connectivity index (χ1v) is 33.1. The molecule has 12 atom stereocenters. The summed E-state index contributed by atoms with van der Waals surface area (Å²) >= 11 is 3.81. The molecule has 2 unspecified atom stereocenters. The van der Waals surface area contributed by atoms with E-state index in [1.165, 1.54) is 35.7 Å². The second-order valence-corrected chi connectivity index (χ2v) is 25.5. The van der Waals surface area contributed by atoms with Crippen molar-refractivity contribution in [2.75, 3.05) is 62.4 Å². The molecule has 93 heavy (non-hydrogen) atoms. The van der Waals surface area contributed by atoms with Gasteiger partial charge >= 0.3 is 11.9 Å². The van der Waals surface area contributed by atoms with Crippen molar-refractivity contribution < 1.29 is 98.2 Å². The molecule has 0 saturated carbocycles. The number of rotatable bonds is 34. The lowest BCUT2D eigenvalue weighted by atomic mass is 9.88. The molecular formula is C64H78N6O20S3. The smallest absolute Gasteiger partial charge is 0.364 e. The first-order valence-electron chi connectivity index (χ1n) is 29.9. The van der Waals surface area contributed by atoms with Gasteiger partial charge in [0.25, 0.3) is 35.2 Å². The predicted molar refractivity (Wildman–Crippen MR) is 344 cm³/mol. The van der Waals surface area contributed by atoms with Crippen LogP contribution in [0.3, 0.4) is 0 Å². The zero-order valence-corrected chi connectivity index (χ0v) is 53.4. The van der Waals surface area contributed by atoms with Gasteiger partial charge in [-0.3, -0.25) is 28.8 Å². The van der Waals surface area contributed by atoms with Crippen molar-refractivity contribution in [3.05, 3.63) is 142 Å². The Kier molecular flexibility index (Phi) is 27.7. The Labute approximate surface area is 548 Å². The fraction of sp³-hybridized carbons (Fsp3) is 0.438. The summed E-state index contributed by atoms with van der Waals surface area (Å²) in [7, 11) is 0. The molecule has 2 fully saturated rings. The number of aliphatic hydroxyl groups excluding tert-OH is 6. The van der Waals surface area contributed by atoms with Crippen molar-refractivity contribution in [2.45, 2.75) is 112 Å². The molecule has 29 heteroatoms. The van der Waals surface area contributed by atoms with Crippen LogP contribution in [0, 0.1) is 0 Å². The van der Waals surface area contributed by atoms with Gasteiger partial charge in [-0.1, -0.05) is 84.9 Å². The molecule has 4 aromatic carbocycles. The third kappa shape index (κ3) is 20.6. The van der Waals surface area contributed by atoms with E-state index in [1.54, 1.807) is 48.5 Å². The van der Waals surface area contributed by atoms with E-state index in [2.05, 4.69) is 31.9 Å². The van der Waals surface area contributed by atoms with E-state index in [1.807, 2.05) is 60.7 Å². The number of carbonyl (C=O) groups excluding carboxylic acids is 6. The Morgan fingerprint density at radius 2 is 0.860 bits per heavy atom. The standard InChI is InChI=1S/C64H78N6O20S3/c1-37(71)69-51-45(73)33-63(61(83)84,89-55(51)53(77)47(75)35-67-57(79)43-19-15-41(16-20-43)39-11-5-3-6-12-39)87-27-9-29-91-31-25-65-59(81)49-23-24-50(93-49)60(82)66-26-32-92-30-10-28-88-64(62(85)86)34-46(74)52(70-38(2)72)56(90-64)54(78)48(76)36-68-58(80)44-21-17-42(18-22-44)40-13-7-4-8-14-40/h3-8,11-24,45-48,51-56,73-78H,9-10,25-36H2,1-2H3,(H,65,81)(H,66,82)(H,67,79)(H,68,80)(H,69,71)(H,70,72)(H,83,84)(H,85,86)/t45-,46-,47+,48+,51+,52+,53?,54?,55+,56+,63+,64+/m0/s1. The number of hydrogen-bond donors (Lipinski definition) is 14. The van der Waals surface area contributed by atoms with E-state index in [0.29, 0.717) is 23.0 Å². The number of carboxylic acids is 2. The molecule has 3 heterocycles. The lowest BCUT2D eigenvalue weighted by molar-refractivity contribution is -0.310. The molecule has 14 N–H and O–H groups in total. The summed E-state index contributed by atoms with van der Waals surface area (Å²) < 4.78 is 23.2. The van der Waals surface area contributed by atoms with Gasteiger partial charge in [-0.25, -0.2) is 9.59 Å². The van der Waals surface area contributed by atoms with Crippen LogP contribution in [-0.4, -0.2) is 223 Å². The highest BCUT2D eigenvalue weighted by molar-refractivity contribution is 7.99. The lowest BCUT2D eigenvalue weighted by Crippen LogP contribution is -2.68. The topological polar surface area (TPSA) is 408 Å². The van der Waals surface area contributed by atoms with E-state index in [9.17, 15) is 79.2 Å². The van der Waals surface area contributed by atoms with Crippen molar-refractivity contribution >= 4 is 82.2 Å². The number of amides is 6. The molecule has 5 aromatic rings. The zero-order chi connectivity index (χ0) is 67.2. The number of carbonyl (C=O) groups is 8. The summed E-state index contributed by atoms with van der Waals surface area (Å²) in [5, 5.41) is 103. The number of aliphatic hydroxyl groups is 6. The van der Waals surface area contributed by atoms with Crippen LogP contribution in [0.25, 0.3) is 22.3 Å². The van der Waals surface area contributed by atoms with Crippen LogP contribution in [0.5, 0.6) is 0 Å². The number of thioether (sulfide) groups is 2. The molecule has 2 aliphatic rings. The van der Waals surface area contributed by atoms with Crippen LogP contribution in [0.4, 0.5) is 0 Å². The average molecular weight is 1350 g/mol. The first kappa shape index (κ1) is 73.1. The van der Waals surface area contributed by atoms with E-state index in [4.69, 9.17) is 18.9 Å². The molecule has 2 aliphatic heterocycles. The van der Waals surface area contributed by atoms with Gasteiger partial charge in [0.05, 0.1) is 59.5 Å². The van der Waals surface area contributed by atoms with E-state index >= 15 is 0 Å². The maximum absolute atomic E-state index is 13.0. The van der Waals surface area contributed by atoms with E-state index in [-0.39, 0.29) is 60.0 Å². The number of hydrogen-bond acceptors (Lipinski definition) is 21. The van der Waals surface area contributed by atoms with Crippen molar-refractivity contribution in [3.63, 3.8) is 0 Å². The number of aliphatic carboxylic acids is 2. The Morgan fingerprint density at radius 3 is 1.20 bits per heavy atom. The molecule has 0 aliphatic carbocycles. The molecule has 6 amide bonds. The van der Waals surface area contributed by atoms with Crippen LogP contribution in [0.2, 0.25) is 0 Å². The van der Waals surface area contributed by atoms with Gasteiger partial charge in [0.15, 0.2) is 0 Å². The molecule has 1 aromatic heterocycles. The van der Waals surface area contributed by atoms with Crippen LogP contribution in [0.15, 0.2) is 121 Å². The normalized spacial score (nSPS) is 22.4. The van der Waals surface area contributed by atoms with E-state index in [0.717, 1.165) is 47.4 Å². The monoisotopic (exact) mass is 1350 g/mol. The van der Waals surface area contributed by atoms with Crippen molar-refractivity contribution in [1.82, 2.24) is 31.9 Å². The van der Waals surface area contributed by atoms with E-state index < -0.39 is 146 Å². The molecular weight excluding hydrogens is 1270 g/mol. The lowest BCUT2D eigenvalue weighted by Gasteiger charge is -2.46. The van der Waals surface area contributed by atoms with Crippen LogP contribution >= 0.6 is 34.9 Å².